The number of hydrogen-bond acceptors (Lipinski definition) is 4. The summed E-state index contributed by atoms with van der Waals surface area (Å²) in [7, 11) is 0. The third-order valence-electron chi connectivity index (χ3n) is 3.07. The smallest absolute Gasteiger partial charge is 0.245 e. The van der Waals surface area contributed by atoms with Gasteiger partial charge in [0.05, 0.1) is 0 Å². The van der Waals surface area contributed by atoms with Crippen LogP contribution in [0.25, 0.3) is 5.65 Å². The molecule has 5 heteroatoms. The SMILES string of the molecule is CCN(CC(C)(C)CN)c1nc2ccccn2n1. The van der Waals surface area contributed by atoms with Crippen molar-refractivity contribution in [3.8, 4) is 0 Å². The molecular weight excluding hydrogens is 226 g/mol. The molecule has 2 aromatic rings. The molecule has 0 aromatic carbocycles. The number of hydrogen-bond donors (Lipinski definition) is 1. The minimum atomic E-state index is 0.0630. The highest BCUT2D eigenvalue weighted by molar-refractivity contribution is 5.44. The van der Waals surface area contributed by atoms with Crippen LogP contribution in [0.5, 0.6) is 0 Å². The molecule has 2 N–H and O–H groups in total. The lowest BCUT2D eigenvalue weighted by atomic mass is 9.93. The molecule has 5 nitrogen and oxygen atoms in total. The van der Waals surface area contributed by atoms with Gasteiger partial charge in [0.25, 0.3) is 0 Å². The standard InChI is InChI=1S/C13H21N5/c1-4-17(10-13(2,3)9-14)12-15-11-7-5-6-8-18(11)16-12/h5-8H,4,9-10,14H2,1-3H3. The molecule has 2 rings (SSSR count). The number of aromatic nitrogens is 3. The average molecular weight is 247 g/mol. The molecule has 0 radical (unpaired) electrons. The molecule has 0 spiro atoms. The van der Waals surface area contributed by atoms with E-state index in [1.54, 1.807) is 4.52 Å². The van der Waals surface area contributed by atoms with Crippen LogP contribution in [-0.2, 0) is 0 Å². The maximum atomic E-state index is 5.79. The van der Waals surface area contributed by atoms with Crippen LogP contribution in [0.4, 0.5) is 5.95 Å². The molecule has 98 valence electrons. The van der Waals surface area contributed by atoms with Crippen LogP contribution in [0.15, 0.2) is 24.4 Å². The number of pyridine rings is 1. The second-order valence-electron chi connectivity index (χ2n) is 5.30. The highest BCUT2D eigenvalue weighted by Gasteiger charge is 2.21. The largest absolute Gasteiger partial charge is 0.339 e. The Labute approximate surface area is 108 Å². The van der Waals surface area contributed by atoms with Gasteiger partial charge in [-0.3, -0.25) is 0 Å². The molecule has 0 fully saturated rings. The number of nitrogens with zero attached hydrogens (tertiary/aromatic N) is 4. The molecule has 0 aliphatic rings. The zero-order valence-corrected chi connectivity index (χ0v) is 11.3. The first-order chi connectivity index (χ1) is 8.55. The fourth-order valence-electron chi connectivity index (χ4n) is 1.86. The van der Waals surface area contributed by atoms with Gasteiger partial charge in [0, 0.05) is 19.3 Å². The van der Waals surface area contributed by atoms with Crippen LogP contribution in [0.2, 0.25) is 0 Å². The van der Waals surface area contributed by atoms with Crippen molar-refractivity contribution in [3.05, 3.63) is 24.4 Å². The molecule has 0 amide bonds. The predicted molar refractivity (Wildman–Crippen MR) is 73.7 cm³/mol. The van der Waals surface area contributed by atoms with Crippen LogP contribution < -0.4 is 10.6 Å². The Morgan fingerprint density at radius 2 is 2.17 bits per heavy atom. The Hall–Kier alpha value is -1.62. The summed E-state index contributed by atoms with van der Waals surface area (Å²) in [5.41, 5.74) is 6.72. The topological polar surface area (TPSA) is 59.5 Å². The minimum absolute atomic E-state index is 0.0630. The fraction of sp³-hybridized carbons (Fsp3) is 0.538. The van der Waals surface area contributed by atoms with Gasteiger partial charge in [-0.1, -0.05) is 19.9 Å². The van der Waals surface area contributed by atoms with Gasteiger partial charge in [-0.05, 0) is 31.0 Å². The van der Waals surface area contributed by atoms with E-state index in [1.165, 1.54) is 0 Å². The zero-order valence-electron chi connectivity index (χ0n) is 11.3. The molecule has 0 unspecified atom stereocenters. The number of fused-ring (bicyclic) bond motifs is 1. The van der Waals surface area contributed by atoms with E-state index < -0.39 is 0 Å². The summed E-state index contributed by atoms with van der Waals surface area (Å²) in [6, 6.07) is 5.87. The van der Waals surface area contributed by atoms with Crippen molar-refractivity contribution in [2.45, 2.75) is 20.8 Å². The van der Waals surface area contributed by atoms with Crippen LogP contribution in [0.3, 0.4) is 0 Å². The average Bonchev–Trinajstić information content (AvgIpc) is 2.79. The van der Waals surface area contributed by atoms with E-state index in [0.29, 0.717) is 6.54 Å². The van der Waals surface area contributed by atoms with Crippen molar-refractivity contribution in [1.29, 1.82) is 0 Å². The van der Waals surface area contributed by atoms with E-state index >= 15 is 0 Å². The first-order valence-corrected chi connectivity index (χ1v) is 6.32. The highest BCUT2D eigenvalue weighted by Crippen LogP contribution is 2.19. The number of anilines is 1. The first-order valence-electron chi connectivity index (χ1n) is 6.32. The van der Waals surface area contributed by atoms with Gasteiger partial charge in [0.2, 0.25) is 5.95 Å². The van der Waals surface area contributed by atoms with Gasteiger partial charge in [-0.25, -0.2) is 4.52 Å². The Kier molecular flexibility index (Phi) is 3.52. The molecule has 0 atom stereocenters. The zero-order chi connectivity index (χ0) is 13.2. The molecule has 18 heavy (non-hydrogen) atoms. The van der Waals surface area contributed by atoms with Crippen molar-refractivity contribution in [1.82, 2.24) is 14.6 Å². The maximum absolute atomic E-state index is 5.79. The van der Waals surface area contributed by atoms with Crippen molar-refractivity contribution in [2.75, 3.05) is 24.5 Å². The van der Waals surface area contributed by atoms with Gasteiger partial charge >= 0.3 is 0 Å². The fourth-order valence-corrected chi connectivity index (χ4v) is 1.86. The van der Waals surface area contributed by atoms with E-state index in [-0.39, 0.29) is 5.41 Å². The van der Waals surface area contributed by atoms with E-state index in [0.717, 1.165) is 24.7 Å². The number of nitrogens with two attached hydrogens (primary N) is 1. The van der Waals surface area contributed by atoms with Crippen molar-refractivity contribution in [3.63, 3.8) is 0 Å². The lowest BCUT2D eigenvalue weighted by Gasteiger charge is -2.30. The van der Waals surface area contributed by atoms with Gasteiger partial charge < -0.3 is 10.6 Å². The molecule has 2 heterocycles. The van der Waals surface area contributed by atoms with E-state index in [4.69, 9.17) is 5.73 Å². The molecule has 2 aromatic heterocycles. The lowest BCUT2D eigenvalue weighted by Crippen LogP contribution is -2.39. The molecule has 0 bridgehead atoms. The second-order valence-corrected chi connectivity index (χ2v) is 5.30. The van der Waals surface area contributed by atoms with Crippen LogP contribution in [0.1, 0.15) is 20.8 Å². The van der Waals surface area contributed by atoms with Crippen LogP contribution in [0, 0.1) is 5.41 Å². The van der Waals surface area contributed by atoms with Gasteiger partial charge in [0.1, 0.15) is 0 Å². The van der Waals surface area contributed by atoms with E-state index in [9.17, 15) is 0 Å². The van der Waals surface area contributed by atoms with Crippen molar-refractivity contribution >= 4 is 11.6 Å². The van der Waals surface area contributed by atoms with E-state index in [1.807, 2.05) is 24.4 Å². The third-order valence-corrected chi connectivity index (χ3v) is 3.07. The molecule has 0 saturated heterocycles. The second kappa shape index (κ2) is 4.94. The molecule has 0 aliphatic carbocycles. The predicted octanol–water partition coefficient (Wildman–Crippen LogP) is 1.54. The highest BCUT2D eigenvalue weighted by atomic mass is 15.4. The summed E-state index contributed by atoms with van der Waals surface area (Å²) in [4.78, 5) is 6.71. The van der Waals surface area contributed by atoms with Crippen molar-refractivity contribution < 1.29 is 0 Å². The summed E-state index contributed by atoms with van der Waals surface area (Å²) in [5, 5.41) is 4.49. The quantitative estimate of drug-likeness (QED) is 0.870. The Bertz CT molecular complexity index is 484. The monoisotopic (exact) mass is 247 g/mol. The van der Waals surface area contributed by atoms with Crippen molar-refractivity contribution in [2.24, 2.45) is 11.1 Å². The van der Waals surface area contributed by atoms with Crippen LogP contribution in [-0.4, -0.2) is 34.2 Å². The Morgan fingerprint density at radius 1 is 1.39 bits per heavy atom. The van der Waals surface area contributed by atoms with Gasteiger partial charge in [0.15, 0.2) is 5.65 Å². The third kappa shape index (κ3) is 2.61. The number of rotatable bonds is 5. The summed E-state index contributed by atoms with van der Waals surface area (Å²) in [5.74, 6) is 0.769. The van der Waals surface area contributed by atoms with Crippen LogP contribution >= 0.6 is 0 Å². The Morgan fingerprint density at radius 3 is 2.78 bits per heavy atom. The summed E-state index contributed by atoms with van der Waals surface area (Å²) in [6.07, 6.45) is 1.91. The maximum Gasteiger partial charge on any atom is 0.245 e. The molecular formula is C13H21N5. The molecule has 0 saturated carbocycles. The van der Waals surface area contributed by atoms with Gasteiger partial charge in [-0.15, -0.1) is 5.10 Å². The normalized spacial score (nSPS) is 12.0. The Balaban J connectivity index is 2.27. The van der Waals surface area contributed by atoms with Gasteiger partial charge in [-0.2, -0.15) is 4.98 Å². The van der Waals surface area contributed by atoms with E-state index in [2.05, 4.69) is 35.8 Å². The summed E-state index contributed by atoms with van der Waals surface area (Å²) >= 11 is 0. The minimum Gasteiger partial charge on any atom is -0.339 e. The summed E-state index contributed by atoms with van der Waals surface area (Å²) < 4.78 is 1.80. The molecule has 0 aliphatic heterocycles. The first kappa shape index (κ1) is 12.8. The lowest BCUT2D eigenvalue weighted by molar-refractivity contribution is 0.377. The summed E-state index contributed by atoms with van der Waals surface area (Å²) in [6.45, 7) is 8.81.